The number of hydrogen-bond donors (Lipinski definition) is 3. The number of hydrogen-bond acceptors (Lipinski definition) is 6. The molecule has 0 amide bonds. The summed E-state index contributed by atoms with van der Waals surface area (Å²) in [7, 11) is -4.36. The first-order valence-corrected chi connectivity index (χ1v) is 10.2. The van der Waals surface area contributed by atoms with Crippen molar-refractivity contribution in [2.75, 3.05) is 31.6 Å². The van der Waals surface area contributed by atoms with Gasteiger partial charge in [-0.05, 0) is 37.0 Å². The van der Waals surface area contributed by atoms with Crippen molar-refractivity contribution in [2.45, 2.75) is 18.2 Å². The molecule has 23 heavy (non-hydrogen) atoms. The molecule has 1 aromatic rings. The lowest BCUT2D eigenvalue weighted by molar-refractivity contribution is 0.436. The average molecular weight is 359 g/mol. The van der Waals surface area contributed by atoms with Gasteiger partial charge in [0.25, 0.3) is 0 Å². The van der Waals surface area contributed by atoms with Crippen LogP contribution in [0.5, 0.6) is 0 Å². The van der Waals surface area contributed by atoms with E-state index in [0.29, 0.717) is 31.3 Å². The van der Waals surface area contributed by atoms with Crippen molar-refractivity contribution in [2.24, 2.45) is 10.8 Å². The molecule has 1 aromatic carbocycles. The molecular weight excluding hydrogens is 336 g/mol. The molecule has 1 unspecified atom stereocenters. The summed E-state index contributed by atoms with van der Waals surface area (Å²) >= 11 is 1.76. The zero-order valence-corrected chi connectivity index (χ0v) is 15.0. The van der Waals surface area contributed by atoms with Crippen LogP contribution in [0.2, 0.25) is 0 Å². The number of nitrogens with zero attached hydrogens (tertiary/aromatic N) is 2. The van der Waals surface area contributed by atoms with Crippen molar-refractivity contribution < 1.29 is 13.0 Å². The van der Waals surface area contributed by atoms with Crippen molar-refractivity contribution in [3.8, 4) is 0 Å². The molecule has 0 radical (unpaired) electrons. The number of aryl methyl sites for hydroxylation is 1. The van der Waals surface area contributed by atoms with Gasteiger partial charge in [0.05, 0.1) is 6.54 Å². The van der Waals surface area contributed by atoms with Gasteiger partial charge in [-0.3, -0.25) is 4.55 Å². The summed E-state index contributed by atoms with van der Waals surface area (Å²) in [5, 5.41) is 3.21. The van der Waals surface area contributed by atoms with E-state index in [9.17, 15) is 13.0 Å². The molecule has 1 aliphatic heterocycles. The summed E-state index contributed by atoms with van der Waals surface area (Å²) in [6.45, 7) is 3.50. The molecule has 0 spiro atoms. The van der Waals surface area contributed by atoms with Gasteiger partial charge >= 0.3 is 16.1 Å². The fourth-order valence-corrected chi connectivity index (χ4v) is 3.71. The molecule has 9 heteroatoms. The maximum absolute atomic E-state index is 11.7. The Kier molecular flexibility index (Phi) is 5.69. The highest BCUT2D eigenvalue weighted by molar-refractivity contribution is 7.98. The van der Waals surface area contributed by atoms with Crippen LogP contribution in [0.3, 0.4) is 0 Å². The predicted octanol–water partition coefficient (Wildman–Crippen LogP) is 1.14. The highest BCUT2D eigenvalue weighted by Gasteiger charge is 2.42. The molecule has 0 saturated heterocycles. The van der Waals surface area contributed by atoms with E-state index in [1.54, 1.807) is 23.9 Å². The van der Waals surface area contributed by atoms with Gasteiger partial charge in [-0.15, -0.1) is 0 Å². The van der Waals surface area contributed by atoms with E-state index in [1.165, 1.54) is 6.07 Å². The van der Waals surface area contributed by atoms with Gasteiger partial charge in [0.1, 0.15) is 6.54 Å². The molecule has 0 saturated carbocycles. The Labute approximate surface area is 141 Å². The second kappa shape index (κ2) is 7.18. The van der Waals surface area contributed by atoms with E-state index in [-0.39, 0.29) is 9.49 Å². The first kappa shape index (κ1) is 18.2. The standard InChI is InChI=1S/C14H22N4O3S2/c1-11-4-5-13(23(19,20)21)12(10-11)18(15)8-7-17-14(18)16-6-3-9-22-2/h4-5,10H,3,6-9,15H2,1-2H3,(H-,16,17,19,20,21)/p+1. The summed E-state index contributed by atoms with van der Waals surface area (Å²) in [6.07, 6.45) is 3.00. The number of quaternary nitrogens is 1. The first-order chi connectivity index (χ1) is 10.8. The fraction of sp³-hybridized carbons (Fsp3) is 0.500. The number of aliphatic imine (C=N–C) groups is 1. The van der Waals surface area contributed by atoms with Crippen molar-refractivity contribution in [1.29, 1.82) is 0 Å². The minimum Gasteiger partial charge on any atom is -0.322 e. The van der Waals surface area contributed by atoms with Crippen molar-refractivity contribution in [3.63, 3.8) is 0 Å². The average Bonchev–Trinajstić information content (AvgIpc) is 2.85. The Morgan fingerprint density at radius 2 is 2.22 bits per heavy atom. The molecule has 0 aliphatic carbocycles. The minimum absolute atomic E-state index is 0.175. The third kappa shape index (κ3) is 4.04. The molecule has 0 aromatic heterocycles. The van der Waals surface area contributed by atoms with E-state index in [4.69, 9.17) is 5.84 Å². The number of thioether (sulfide) groups is 1. The van der Waals surface area contributed by atoms with Crippen LogP contribution >= 0.6 is 11.8 Å². The second-order valence-electron chi connectivity index (χ2n) is 5.52. The van der Waals surface area contributed by atoms with E-state index in [0.717, 1.165) is 17.7 Å². The predicted molar refractivity (Wildman–Crippen MR) is 95.1 cm³/mol. The normalized spacial score (nSPS) is 21.3. The SMILES string of the molecule is CSCCCNC1=NCC[N+]1(N)c1cc(C)ccc1S(=O)(=O)O. The van der Waals surface area contributed by atoms with E-state index in [1.807, 2.05) is 13.2 Å². The lowest BCUT2D eigenvalue weighted by Gasteiger charge is -2.29. The molecule has 7 nitrogen and oxygen atoms in total. The minimum atomic E-state index is -4.36. The second-order valence-corrected chi connectivity index (χ2v) is 7.89. The highest BCUT2D eigenvalue weighted by atomic mass is 32.2. The first-order valence-electron chi connectivity index (χ1n) is 7.32. The molecule has 0 fully saturated rings. The quantitative estimate of drug-likeness (QED) is 0.304. The highest BCUT2D eigenvalue weighted by Crippen LogP contribution is 2.31. The van der Waals surface area contributed by atoms with Crippen molar-refractivity contribution in [3.05, 3.63) is 23.8 Å². The van der Waals surface area contributed by atoms with Gasteiger partial charge in [0.15, 0.2) is 10.6 Å². The van der Waals surface area contributed by atoms with Gasteiger partial charge in [-0.1, -0.05) is 6.07 Å². The summed E-state index contributed by atoms with van der Waals surface area (Å²) in [6, 6.07) is 4.71. The Hall–Kier alpha value is -1.13. The van der Waals surface area contributed by atoms with Gasteiger partial charge < -0.3 is 5.32 Å². The molecule has 1 atom stereocenters. The Morgan fingerprint density at radius 3 is 2.87 bits per heavy atom. The van der Waals surface area contributed by atoms with E-state index >= 15 is 0 Å². The van der Waals surface area contributed by atoms with Crippen LogP contribution in [-0.4, -0.2) is 50.6 Å². The largest absolute Gasteiger partial charge is 0.322 e. The molecule has 1 heterocycles. The summed E-state index contributed by atoms with van der Waals surface area (Å²) < 4.78 is 32.7. The monoisotopic (exact) mass is 359 g/mol. The Morgan fingerprint density at radius 1 is 1.48 bits per heavy atom. The molecule has 2 rings (SSSR count). The van der Waals surface area contributed by atoms with E-state index in [2.05, 4.69) is 10.3 Å². The van der Waals surface area contributed by atoms with Gasteiger partial charge in [-0.2, -0.15) is 30.6 Å². The number of nitrogens with one attached hydrogen (secondary N) is 1. The topological polar surface area (TPSA) is 105 Å². The number of nitrogens with two attached hydrogens (primary N) is 1. The van der Waals surface area contributed by atoms with Crippen molar-refractivity contribution in [1.82, 2.24) is 9.91 Å². The lowest BCUT2D eigenvalue weighted by Crippen LogP contribution is -2.63. The number of guanidine groups is 1. The van der Waals surface area contributed by atoms with Crippen LogP contribution in [0, 0.1) is 6.92 Å². The third-order valence-electron chi connectivity index (χ3n) is 3.72. The van der Waals surface area contributed by atoms with Gasteiger partial charge in [0, 0.05) is 12.6 Å². The fourth-order valence-electron chi connectivity index (χ4n) is 2.55. The van der Waals surface area contributed by atoms with Crippen LogP contribution in [0.1, 0.15) is 12.0 Å². The summed E-state index contributed by atoms with van der Waals surface area (Å²) in [5.41, 5.74) is 1.20. The number of rotatable bonds is 6. The zero-order chi connectivity index (χ0) is 17.1. The van der Waals surface area contributed by atoms with Crippen LogP contribution in [0.4, 0.5) is 5.69 Å². The Bertz CT molecular complexity index is 706. The molecule has 0 bridgehead atoms. The molecule has 4 N–H and O–H groups in total. The van der Waals surface area contributed by atoms with Crippen LogP contribution < -0.4 is 15.8 Å². The Balaban J connectivity index is 2.36. The van der Waals surface area contributed by atoms with Crippen LogP contribution in [0.15, 0.2) is 28.1 Å². The summed E-state index contributed by atoms with van der Waals surface area (Å²) in [5.74, 6) is 8.02. The smallest absolute Gasteiger partial charge is 0.322 e. The summed E-state index contributed by atoms with van der Waals surface area (Å²) in [4.78, 5) is 4.21. The number of benzene rings is 1. The van der Waals surface area contributed by atoms with Crippen LogP contribution in [-0.2, 0) is 10.1 Å². The third-order valence-corrected chi connectivity index (χ3v) is 5.32. The molecular formula is C14H23N4O3S2+. The maximum atomic E-state index is 11.7. The molecule has 1 aliphatic rings. The van der Waals surface area contributed by atoms with Crippen LogP contribution in [0.25, 0.3) is 0 Å². The van der Waals surface area contributed by atoms with Gasteiger partial charge in [0.2, 0.25) is 0 Å². The van der Waals surface area contributed by atoms with E-state index < -0.39 is 10.1 Å². The maximum Gasteiger partial charge on any atom is 0.322 e. The van der Waals surface area contributed by atoms with Crippen molar-refractivity contribution >= 4 is 33.5 Å². The van der Waals surface area contributed by atoms with Gasteiger partial charge in [-0.25, -0.2) is 4.99 Å². The zero-order valence-electron chi connectivity index (χ0n) is 13.3. The molecule has 128 valence electrons. The lowest BCUT2D eigenvalue weighted by atomic mass is 10.2.